The van der Waals surface area contributed by atoms with Gasteiger partial charge in [0.25, 0.3) is 0 Å². The lowest BCUT2D eigenvalue weighted by atomic mass is 10.3. The Kier molecular flexibility index (Phi) is 2.78. The van der Waals surface area contributed by atoms with Gasteiger partial charge in [0.15, 0.2) is 0 Å². The Morgan fingerprint density at radius 2 is 2.12 bits per heavy atom. The van der Waals surface area contributed by atoms with E-state index in [1.54, 1.807) is 6.07 Å². The molecule has 90 valence electrons. The summed E-state index contributed by atoms with van der Waals surface area (Å²) in [6.45, 7) is 4.92. The molecule has 0 radical (unpaired) electrons. The third kappa shape index (κ3) is 2.30. The van der Waals surface area contributed by atoms with Gasteiger partial charge in [-0.25, -0.2) is 9.37 Å². The van der Waals surface area contributed by atoms with Gasteiger partial charge in [0.2, 0.25) is 0 Å². The van der Waals surface area contributed by atoms with Gasteiger partial charge in [0.05, 0.1) is 17.6 Å². The maximum atomic E-state index is 13.0. The van der Waals surface area contributed by atoms with Crippen molar-refractivity contribution in [3.63, 3.8) is 0 Å². The van der Waals surface area contributed by atoms with Crippen molar-refractivity contribution >= 4 is 11.0 Å². The Labute approximate surface area is 98.8 Å². The van der Waals surface area contributed by atoms with E-state index in [0.29, 0.717) is 0 Å². The molecule has 0 unspecified atom stereocenters. The molecule has 0 bridgehead atoms. The van der Waals surface area contributed by atoms with Crippen LogP contribution in [0.4, 0.5) is 4.39 Å². The second kappa shape index (κ2) is 4.43. The van der Waals surface area contributed by atoms with Gasteiger partial charge in [-0.3, -0.25) is 4.90 Å². The highest BCUT2D eigenvalue weighted by Gasteiger charge is 2.12. The Morgan fingerprint density at radius 1 is 1.29 bits per heavy atom. The number of halogens is 1. The summed E-state index contributed by atoms with van der Waals surface area (Å²) in [4.78, 5) is 9.97. The van der Waals surface area contributed by atoms with Crippen molar-refractivity contribution in [3.8, 4) is 0 Å². The van der Waals surface area contributed by atoms with E-state index >= 15 is 0 Å². The summed E-state index contributed by atoms with van der Waals surface area (Å²) in [7, 11) is 0. The Hall–Kier alpha value is -1.46. The first-order valence-electron chi connectivity index (χ1n) is 5.88. The van der Waals surface area contributed by atoms with Crippen LogP contribution in [0.3, 0.4) is 0 Å². The molecular weight excluding hydrogens is 219 g/mol. The molecule has 5 heteroatoms. The van der Waals surface area contributed by atoms with Crippen LogP contribution in [0.2, 0.25) is 0 Å². The number of nitrogens with one attached hydrogen (secondary N) is 2. The number of hydrogen-bond donors (Lipinski definition) is 2. The van der Waals surface area contributed by atoms with Gasteiger partial charge in [-0.1, -0.05) is 0 Å². The zero-order chi connectivity index (χ0) is 11.7. The molecule has 4 nitrogen and oxygen atoms in total. The van der Waals surface area contributed by atoms with Crippen LogP contribution < -0.4 is 5.32 Å². The van der Waals surface area contributed by atoms with Gasteiger partial charge in [0, 0.05) is 26.2 Å². The molecule has 2 heterocycles. The molecule has 1 aromatic heterocycles. The molecule has 3 rings (SSSR count). The summed E-state index contributed by atoms with van der Waals surface area (Å²) in [5.74, 6) is 0.683. The minimum atomic E-state index is -0.227. The topological polar surface area (TPSA) is 44.0 Å². The van der Waals surface area contributed by atoms with Crippen LogP contribution in [0.15, 0.2) is 18.2 Å². The van der Waals surface area contributed by atoms with E-state index in [1.165, 1.54) is 12.1 Å². The molecule has 1 saturated heterocycles. The number of fused-ring (bicyclic) bond motifs is 1. The second-order valence-electron chi connectivity index (χ2n) is 4.37. The molecule has 0 atom stereocenters. The lowest BCUT2D eigenvalue weighted by Crippen LogP contribution is -2.43. The number of rotatable bonds is 2. The van der Waals surface area contributed by atoms with Crippen molar-refractivity contribution in [1.29, 1.82) is 0 Å². The fraction of sp³-hybridized carbons (Fsp3) is 0.417. The van der Waals surface area contributed by atoms with Crippen LogP contribution in [0, 0.1) is 5.82 Å². The van der Waals surface area contributed by atoms with Gasteiger partial charge in [0.1, 0.15) is 11.6 Å². The first-order valence-corrected chi connectivity index (χ1v) is 5.88. The Bertz CT molecular complexity index is 516. The van der Waals surface area contributed by atoms with Crippen molar-refractivity contribution < 1.29 is 4.39 Å². The van der Waals surface area contributed by atoms with Gasteiger partial charge in [-0.15, -0.1) is 0 Å². The molecule has 0 aliphatic carbocycles. The van der Waals surface area contributed by atoms with Crippen LogP contribution in [0.25, 0.3) is 11.0 Å². The number of aromatic amines is 1. The van der Waals surface area contributed by atoms with E-state index in [1.807, 2.05) is 0 Å². The third-order valence-electron chi connectivity index (χ3n) is 3.08. The highest BCUT2D eigenvalue weighted by molar-refractivity contribution is 5.74. The molecular formula is C12H15FN4. The average Bonchev–Trinajstić information content (AvgIpc) is 2.71. The van der Waals surface area contributed by atoms with Crippen LogP contribution in [-0.2, 0) is 6.54 Å². The molecule has 2 aromatic rings. The van der Waals surface area contributed by atoms with Gasteiger partial charge in [-0.2, -0.15) is 0 Å². The summed E-state index contributed by atoms with van der Waals surface area (Å²) < 4.78 is 13.0. The van der Waals surface area contributed by atoms with Crippen LogP contribution in [0.1, 0.15) is 5.82 Å². The van der Waals surface area contributed by atoms with Crippen molar-refractivity contribution in [2.45, 2.75) is 6.54 Å². The summed E-state index contributed by atoms with van der Waals surface area (Å²) in [5.41, 5.74) is 1.60. The van der Waals surface area contributed by atoms with E-state index in [9.17, 15) is 4.39 Å². The molecule has 1 aromatic carbocycles. The number of nitrogens with zero attached hydrogens (tertiary/aromatic N) is 2. The van der Waals surface area contributed by atoms with Crippen molar-refractivity contribution in [2.75, 3.05) is 26.2 Å². The quantitative estimate of drug-likeness (QED) is 0.818. The average molecular weight is 234 g/mol. The Morgan fingerprint density at radius 3 is 2.94 bits per heavy atom. The lowest BCUT2D eigenvalue weighted by molar-refractivity contribution is 0.229. The third-order valence-corrected chi connectivity index (χ3v) is 3.08. The normalized spacial score (nSPS) is 17.7. The minimum Gasteiger partial charge on any atom is -0.341 e. The van der Waals surface area contributed by atoms with E-state index in [-0.39, 0.29) is 5.82 Å². The smallest absolute Gasteiger partial charge is 0.125 e. The summed E-state index contributed by atoms with van der Waals surface area (Å²) in [6, 6.07) is 4.64. The van der Waals surface area contributed by atoms with Crippen molar-refractivity contribution in [2.24, 2.45) is 0 Å². The van der Waals surface area contributed by atoms with Crippen LogP contribution in [0.5, 0.6) is 0 Å². The van der Waals surface area contributed by atoms with Gasteiger partial charge >= 0.3 is 0 Å². The van der Waals surface area contributed by atoms with Gasteiger partial charge < -0.3 is 10.3 Å². The number of imidazole rings is 1. The number of H-pyrrole nitrogens is 1. The van der Waals surface area contributed by atoms with E-state index in [4.69, 9.17) is 0 Å². The van der Waals surface area contributed by atoms with Crippen LogP contribution in [-0.4, -0.2) is 41.0 Å². The first-order chi connectivity index (χ1) is 8.31. The summed E-state index contributed by atoms with van der Waals surface area (Å²) in [6.07, 6.45) is 0. The molecule has 1 fully saturated rings. The Balaban J connectivity index is 1.80. The molecule has 0 spiro atoms. The fourth-order valence-electron chi connectivity index (χ4n) is 2.19. The number of piperazine rings is 1. The number of hydrogen-bond acceptors (Lipinski definition) is 3. The van der Waals surface area contributed by atoms with Crippen LogP contribution >= 0.6 is 0 Å². The maximum Gasteiger partial charge on any atom is 0.125 e. The van der Waals surface area contributed by atoms with E-state index in [2.05, 4.69) is 20.2 Å². The van der Waals surface area contributed by atoms with Crippen molar-refractivity contribution in [1.82, 2.24) is 20.2 Å². The fourth-order valence-corrected chi connectivity index (χ4v) is 2.19. The highest BCUT2D eigenvalue weighted by Crippen LogP contribution is 2.14. The maximum absolute atomic E-state index is 13.0. The predicted molar refractivity (Wildman–Crippen MR) is 64.2 cm³/mol. The summed E-state index contributed by atoms with van der Waals surface area (Å²) >= 11 is 0. The highest BCUT2D eigenvalue weighted by atomic mass is 19.1. The minimum absolute atomic E-state index is 0.227. The van der Waals surface area contributed by atoms with Crippen molar-refractivity contribution in [3.05, 3.63) is 29.8 Å². The zero-order valence-corrected chi connectivity index (χ0v) is 9.54. The lowest BCUT2D eigenvalue weighted by Gasteiger charge is -2.26. The first kappa shape index (κ1) is 10.7. The molecule has 1 aliphatic heterocycles. The second-order valence-corrected chi connectivity index (χ2v) is 4.37. The number of aromatic nitrogens is 2. The van der Waals surface area contributed by atoms with E-state index < -0.39 is 0 Å². The molecule has 1 aliphatic rings. The predicted octanol–water partition coefficient (Wildman–Crippen LogP) is 1.11. The molecule has 0 amide bonds. The largest absolute Gasteiger partial charge is 0.341 e. The zero-order valence-electron chi connectivity index (χ0n) is 9.54. The molecule has 0 saturated carbocycles. The SMILES string of the molecule is Fc1ccc2nc(CN3CCNCC3)[nH]c2c1. The molecule has 17 heavy (non-hydrogen) atoms. The standard InChI is InChI=1S/C12H15FN4/c13-9-1-2-10-11(7-9)16-12(15-10)8-17-5-3-14-4-6-17/h1-2,7,14H,3-6,8H2,(H,15,16). The number of benzene rings is 1. The summed E-state index contributed by atoms with van der Waals surface area (Å²) in [5, 5.41) is 3.31. The van der Waals surface area contributed by atoms with Gasteiger partial charge in [-0.05, 0) is 18.2 Å². The van der Waals surface area contributed by atoms with E-state index in [0.717, 1.165) is 49.6 Å². The molecule has 2 N–H and O–H groups in total. The monoisotopic (exact) mass is 234 g/mol.